The molecule has 148 valence electrons. The standard InChI is InChI=1S/C21H29FN2O3/c1-12(2)18-6-5-13(11-19(18)22)14-9-17(10-14)24(3)20(25)15-7-16(8-15)23-21(26)27-4/h5-6,11-12,14-17H,7-10H2,1-4H3,(H,23,26). The van der Waals surface area contributed by atoms with Crippen LogP contribution in [0.25, 0.3) is 0 Å². The van der Waals surface area contributed by atoms with Gasteiger partial charge in [-0.25, -0.2) is 9.18 Å². The lowest BCUT2D eigenvalue weighted by atomic mass is 9.73. The summed E-state index contributed by atoms with van der Waals surface area (Å²) in [5, 5.41) is 2.73. The second-order valence-corrected chi connectivity index (χ2v) is 8.21. The Morgan fingerprint density at radius 2 is 1.89 bits per heavy atom. The van der Waals surface area contributed by atoms with Crippen LogP contribution < -0.4 is 5.32 Å². The molecular weight excluding hydrogens is 347 g/mol. The topological polar surface area (TPSA) is 58.6 Å². The van der Waals surface area contributed by atoms with Crippen LogP contribution in [0, 0.1) is 11.7 Å². The van der Waals surface area contributed by atoms with E-state index in [0.29, 0.717) is 18.8 Å². The third-order valence-corrected chi connectivity index (χ3v) is 6.12. The molecular formula is C21H29FN2O3. The van der Waals surface area contributed by atoms with E-state index in [1.165, 1.54) is 7.11 Å². The maximum Gasteiger partial charge on any atom is 0.407 e. The van der Waals surface area contributed by atoms with Gasteiger partial charge >= 0.3 is 6.09 Å². The van der Waals surface area contributed by atoms with Crippen LogP contribution >= 0.6 is 0 Å². The Balaban J connectivity index is 1.47. The monoisotopic (exact) mass is 376 g/mol. The molecule has 1 aromatic carbocycles. The van der Waals surface area contributed by atoms with Gasteiger partial charge in [-0.1, -0.05) is 26.0 Å². The first-order valence-electron chi connectivity index (χ1n) is 9.70. The number of methoxy groups -OCH3 is 1. The number of carbonyl (C=O) groups excluding carboxylic acids is 2. The first-order valence-corrected chi connectivity index (χ1v) is 9.70. The van der Waals surface area contributed by atoms with Gasteiger partial charge in [-0.2, -0.15) is 0 Å². The van der Waals surface area contributed by atoms with Crippen LogP contribution in [0.4, 0.5) is 9.18 Å². The molecule has 3 rings (SSSR count). The van der Waals surface area contributed by atoms with Crippen molar-refractivity contribution in [3.8, 4) is 0 Å². The predicted octanol–water partition coefficient (Wildman–Crippen LogP) is 3.79. The smallest absolute Gasteiger partial charge is 0.407 e. The van der Waals surface area contributed by atoms with E-state index >= 15 is 0 Å². The zero-order valence-electron chi connectivity index (χ0n) is 16.5. The first-order chi connectivity index (χ1) is 12.8. The molecule has 2 amide bonds. The van der Waals surface area contributed by atoms with Gasteiger partial charge in [-0.3, -0.25) is 4.79 Å². The van der Waals surface area contributed by atoms with E-state index in [-0.39, 0.29) is 35.6 Å². The fourth-order valence-electron chi connectivity index (χ4n) is 4.07. The number of rotatable bonds is 5. The van der Waals surface area contributed by atoms with Crippen LogP contribution in [0.15, 0.2) is 18.2 Å². The minimum absolute atomic E-state index is 0.0244. The van der Waals surface area contributed by atoms with Crippen LogP contribution in [-0.2, 0) is 9.53 Å². The molecule has 2 aliphatic carbocycles. The molecule has 0 bridgehead atoms. The molecule has 27 heavy (non-hydrogen) atoms. The molecule has 2 fully saturated rings. The average molecular weight is 376 g/mol. The lowest BCUT2D eigenvalue weighted by molar-refractivity contribution is -0.141. The minimum atomic E-state index is -0.447. The molecule has 2 aliphatic rings. The van der Waals surface area contributed by atoms with Gasteiger partial charge in [0.1, 0.15) is 5.82 Å². The molecule has 1 aromatic rings. The Morgan fingerprint density at radius 3 is 2.44 bits per heavy atom. The summed E-state index contributed by atoms with van der Waals surface area (Å²) < 4.78 is 18.8. The molecule has 0 heterocycles. The molecule has 0 saturated heterocycles. The van der Waals surface area contributed by atoms with Gasteiger partial charge in [0.25, 0.3) is 0 Å². The molecule has 2 saturated carbocycles. The third-order valence-electron chi connectivity index (χ3n) is 6.12. The summed E-state index contributed by atoms with van der Waals surface area (Å²) in [4.78, 5) is 25.6. The zero-order chi connectivity index (χ0) is 19.7. The van der Waals surface area contributed by atoms with Gasteiger partial charge in [-0.15, -0.1) is 0 Å². The highest BCUT2D eigenvalue weighted by Gasteiger charge is 2.41. The van der Waals surface area contributed by atoms with Crippen molar-refractivity contribution in [1.82, 2.24) is 10.2 Å². The van der Waals surface area contributed by atoms with E-state index in [2.05, 4.69) is 10.1 Å². The summed E-state index contributed by atoms with van der Waals surface area (Å²) in [5.41, 5.74) is 1.78. The Morgan fingerprint density at radius 1 is 1.22 bits per heavy atom. The zero-order valence-corrected chi connectivity index (χ0v) is 16.5. The molecule has 0 unspecified atom stereocenters. The van der Waals surface area contributed by atoms with Gasteiger partial charge in [0, 0.05) is 25.0 Å². The van der Waals surface area contributed by atoms with Gasteiger partial charge in [0.05, 0.1) is 7.11 Å². The summed E-state index contributed by atoms with van der Waals surface area (Å²) in [5.74, 6) is 0.476. The molecule has 0 atom stereocenters. The third kappa shape index (κ3) is 4.09. The summed E-state index contributed by atoms with van der Waals surface area (Å²) in [6, 6.07) is 5.81. The van der Waals surface area contributed by atoms with Crippen molar-refractivity contribution >= 4 is 12.0 Å². The fourth-order valence-corrected chi connectivity index (χ4v) is 4.07. The first kappa shape index (κ1) is 19.6. The molecule has 0 aromatic heterocycles. The number of hydrogen-bond donors (Lipinski definition) is 1. The van der Waals surface area contributed by atoms with Crippen LogP contribution in [0.5, 0.6) is 0 Å². The van der Waals surface area contributed by atoms with Gasteiger partial charge in [0.15, 0.2) is 0 Å². The van der Waals surface area contributed by atoms with Crippen molar-refractivity contribution in [2.45, 2.75) is 63.5 Å². The highest BCUT2D eigenvalue weighted by Crippen LogP contribution is 2.41. The number of hydrogen-bond acceptors (Lipinski definition) is 3. The van der Waals surface area contributed by atoms with Crippen LogP contribution in [-0.4, -0.2) is 43.1 Å². The number of alkyl carbamates (subject to hydrolysis) is 1. The second-order valence-electron chi connectivity index (χ2n) is 8.21. The summed E-state index contributed by atoms with van der Waals surface area (Å²) in [6.07, 6.45) is 2.63. The molecule has 1 N–H and O–H groups in total. The van der Waals surface area contributed by atoms with E-state index in [1.807, 2.05) is 37.9 Å². The van der Waals surface area contributed by atoms with E-state index < -0.39 is 6.09 Å². The number of amides is 2. The largest absolute Gasteiger partial charge is 0.453 e. The van der Waals surface area contributed by atoms with E-state index in [9.17, 15) is 14.0 Å². The Bertz CT molecular complexity index is 709. The molecule has 0 radical (unpaired) electrons. The number of nitrogens with one attached hydrogen (secondary N) is 1. The second kappa shape index (κ2) is 7.87. The van der Waals surface area contributed by atoms with E-state index in [1.54, 1.807) is 6.07 Å². The Hall–Kier alpha value is -2.11. The predicted molar refractivity (Wildman–Crippen MR) is 101 cm³/mol. The van der Waals surface area contributed by atoms with Crippen molar-refractivity contribution in [2.75, 3.05) is 14.2 Å². The fraction of sp³-hybridized carbons (Fsp3) is 0.619. The molecule has 6 heteroatoms. The number of ether oxygens (including phenoxy) is 1. The lowest BCUT2D eigenvalue weighted by Crippen LogP contribution is -2.53. The highest BCUT2D eigenvalue weighted by atomic mass is 19.1. The summed E-state index contributed by atoms with van der Waals surface area (Å²) in [6.45, 7) is 3.98. The van der Waals surface area contributed by atoms with Crippen LogP contribution in [0.1, 0.15) is 62.5 Å². The van der Waals surface area contributed by atoms with Crippen molar-refractivity contribution in [2.24, 2.45) is 5.92 Å². The van der Waals surface area contributed by atoms with Crippen LogP contribution in [0.3, 0.4) is 0 Å². The van der Waals surface area contributed by atoms with Gasteiger partial charge in [0.2, 0.25) is 5.91 Å². The number of benzene rings is 1. The minimum Gasteiger partial charge on any atom is -0.453 e. The van der Waals surface area contributed by atoms with E-state index in [4.69, 9.17) is 0 Å². The normalized spacial score (nSPS) is 26.7. The highest BCUT2D eigenvalue weighted by molar-refractivity contribution is 5.80. The molecule has 5 nitrogen and oxygen atoms in total. The molecule has 0 spiro atoms. The van der Waals surface area contributed by atoms with Crippen molar-refractivity contribution < 1.29 is 18.7 Å². The van der Waals surface area contributed by atoms with Crippen LogP contribution in [0.2, 0.25) is 0 Å². The van der Waals surface area contributed by atoms with Crippen molar-refractivity contribution in [3.63, 3.8) is 0 Å². The van der Waals surface area contributed by atoms with Crippen molar-refractivity contribution in [1.29, 1.82) is 0 Å². The number of carbonyl (C=O) groups is 2. The van der Waals surface area contributed by atoms with E-state index in [0.717, 1.165) is 24.0 Å². The summed E-state index contributed by atoms with van der Waals surface area (Å²) in [7, 11) is 3.19. The average Bonchev–Trinajstić information content (AvgIpc) is 2.55. The Labute approximate surface area is 160 Å². The van der Waals surface area contributed by atoms with Crippen molar-refractivity contribution in [3.05, 3.63) is 35.1 Å². The maximum atomic E-state index is 14.2. The Kier molecular flexibility index (Phi) is 5.72. The van der Waals surface area contributed by atoms with Gasteiger partial charge < -0.3 is 15.0 Å². The SMILES string of the molecule is COC(=O)NC1CC(C(=O)N(C)C2CC(c3ccc(C(C)C)c(F)c3)C2)C1. The summed E-state index contributed by atoms with van der Waals surface area (Å²) >= 11 is 0. The van der Waals surface area contributed by atoms with Gasteiger partial charge in [-0.05, 0) is 54.7 Å². The quantitative estimate of drug-likeness (QED) is 0.851. The lowest BCUT2D eigenvalue weighted by Gasteiger charge is -2.45. The number of halogens is 1. The number of nitrogens with zero attached hydrogens (tertiary/aromatic N) is 1. The maximum absolute atomic E-state index is 14.2. The molecule has 0 aliphatic heterocycles.